The van der Waals surface area contributed by atoms with E-state index in [2.05, 4.69) is 39.1 Å². The standard InChI is InChI=1S/C28H33N5O2/c1-32(27(35)16-29)19-23-8-5-9-24(14-23)25-17-30-28(31-18-25)26(34)15-21-10-12-33(13-11-21)20-22-6-3-2-4-7-22/h2-9,14,17-18,21H,10-13,15-16,19-20,29H2,1H3. The molecular weight excluding hydrogens is 438 g/mol. The molecule has 4 rings (SSSR count). The molecule has 182 valence electrons. The average molecular weight is 472 g/mol. The van der Waals surface area contributed by atoms with E-state index in [1.54, 1.807) is 24.3 Å². The van der Waals surface area contributed by atoms with E-state index in [-0.39, 0.29) is 24.1 Å². The van der Waals surface area contributed by atoms with Gasteiger partial charge in [-0.2, -0.15) is 0 Å². The summed E-state index contributed by atoms with van der Waals surface area (Å²) in [7, 11) is 1.73. The molecule has 7 nitrogen and oxygen atoms in total. The largest absolute Gasteiger partial charge is 0.340 e. The van der Waals surface area contributed by atoms with Crippen LogP contribution in [0.4, 0.5) is 0 Å². The molecule has 2 aromatic carbocycles. The summed E-state index contributed by atoms with van der Waals surface area (Å²) in [6.07, 6.45) is 5.94. The van der Waals surface area contributed by atoms with Crippen LogP contribution in [0.2, 0.25) is 0 Å². The summed E-state index contributed by atoms with van der Waals surface area (Å²) in [6, 6.07) is 18.4. The summed E-state index contributed by atoms with van der Waals surface area (Å²) in [5.74, 6) is 0.560. The normalized spacial score (nSPS) is 14.6. The van der Waals surface area contributed by atoms with Gasteiger partial charge < -0.3 is 10.6 Å². The molecule has 0 aliphatic carbocycles. The smallest absolute Gasteiger partial charge is 0.236 e. The number of likely N-dealkylation sites (tertiary alicyclic amines) is 1. The number of ketones is 1. The lowest BCUT2D eigenvalue weighted by atomic mass is 9.91. The first kappa shape index (κ1) is 24.7. The minimum Gasteiger partial charge on any atom is -0.340 e. The highest BCUT2D eigenvalue weighted by molar-refractivity contribution is 5.92. The van der Waals surface area contributed by atoms with Gasteiger partial charge in [0.1, 0.15) is 0 Å². The molecule has 1 aliphatic rings. The third-order valence-electron chi connectivity index (χ3n) is 6.61. The Balaban J connectivity index is 1.30. The molecule has 1 aliphatic heterocycles. The predicted molar refractivity (Wildman–Crippen MR) is 136 cm³/mol. The van der Waals surface area contributed by atoms with Crippen LogP contribution in [-0.2, 0) is 17.9 Å². The molecule has 1 saturated heterocycles. The van der Waals surface area contributed by atoms with Gasteiger partial charge in [-0.15, -0.1) is 0 Å². The average Bonchev–Trinajstić information content (AvgIpc) is 2.90. The SMILES string of the molecule is CN(Cc1cccc(-c2cnc(C(=O)CC3CCN(Cc4ccccc4)CC3)nc2)c1)C(=O)CN. The van der Waals surface area contributed by atoms with Crippen molar-refractivity contribution in [1.29, 1.82) is 0 Å². The van der Waals surface area contributed by atoms with Crippen molar-refractivity contribution in [2.45, 2.75) is 32.4 Å². The third kappa shape index (κ3) is 6.81. The molecule has 1 amide bonds. The molecular formula is C28H33N5O2. The Bertz CT molecular complexity index is 1130. The lowest BCUT2D eigenvalue weighted by molar-refractivity contribution is -0.128. The first-order valence-corrected chi connectivity index (χ1v) is 12.2. The van der Waals surface area contributed by atoms with Crippen molar-refractivity contribution < 1.29 is 9.59 Å². The van der Waals surface area contributed by atoms with Crippen molar-refractivity contribution in [3.05, 3.63) is 83.9 Å². The molecule has 3 aromatic rings. The molecule has 0 unspecified atom stereocenters. The van der Waals surface area contributed by atoms with Gasteiger partial charge >= 0.3 is 0 Å². The third-order valence-corrected chi connectivity index (χ3v) is 6.61. The zero-order valence-electron chi connectivity index (χ0n) is 20.3. The van der Waals surface area contributed by atoms with Crippen molar-refractivity contribution in [1.82, 2.24) is 19.8 Å². The number of nitrogens with two attached hydrogens (primary N) is 1. The van der Waals surface area contributed by atoms with E-state index < -0.39 is 0 Å². The van der Waals surface area contributed by atoms with Crippen LogP contribution in [0.25, 0.3) is 11.1 Å². The number of Topliss-reactive ketones (excluding diaryl/α,β-unsaturated/α-hetero) is 1. The van der Waals surface area contributed by atoms with Gasteiger partial charge in [0.25, 0.3) is 0 Å². The van der Waals surface area contributed by atoms with Gasteiger partial charge in [-0.3, -0.25) is 14.5 Å². The molecule has 35 heavy (non-hydrogen) atoms. The molecule has 1 fully saturated rings. The molecule has 0 bridgehead atoms. The van der Waals surface area contributed by atoms with Crippen molar-refractivity contribution in [2.24, 2.45) is 11.7 Å². The maximum atomic E-state index is 12.8. The minimum absolute atomic E-state index is 0.00762. The first-order valence-electron chi connectivity index (χ1n) is 12.2. The van der Waals surface area contributed by atoms with Crippen molar-refractivity contribution in [3.63, 3.8) is 0 Å². The second-order valence-corrected chi connectivity index (χ2v) is 9.28. The Morgan fingerprint density at radius 3 is 2.34 bits per heavy atom. The van der Waals surface area contributed by atoms with Crippen LogP contribution in [0.15, 0.2) is 67.0 Å². The molecule has 0 saturated carbocycles. The lowest BCUT2D eigenvalue weighted by Crippen LogP contribution is -2.34. The van der Waals surface area contributed by atoms with E-state index in [4.69, 9.17) is 5.73 Å². The summed E-state index contributed by atoms with van der Waals surface area (Å²) >= 11 is 0. The van der Waals surface area contributed by atoms with Crippen LogP contribution in [0.3, 0.4) is 0 Å². The van der Waals surface area contributed by atoms with Crippen LogP contribution < -0.4 is 5.73 Å². The van der Waals surface area contributed by atoms with Gasteiger partial charge in [0.15, 0.2) is 11.6 Å². The maximum Gasteiger partial charge on any atom is 0.236 e. The number of hydrogen-bond donors (Lipinski definition) is 1. The number of aromatic nitrogens is 2. The highest BCUT2D eigenvalue weighted by atomic mass is 16.2. The number of nitrogens with zero attached hydrogens (tertiary/aromatic N) is 4. The topological polar surface area (TPSA) is 92.4 Å². The number of carbonyl (C=O) groups excluding carboxylic acids is 2. The predicted octanol–water partition coefficient (Wildman–Crippen LogP) is 3.55. The number of likely N-dealkylation sites (N-methyl/N-ethyl adjacent to an activating group) is 1. The summed E-state index contributed by atoms with van der Waals surface area (Å²) in [5.41, 5.74) is 9.55. The minimum atomic E-state index is -0.108. The van der Waals surface area contributed by atoms with Gasteiger partial charge in [-0.25, -0.2) is 9.97 Å². The number of amides is 1. The zero-order chi connectivity index (χ0) is 24.6. The quantitative estimate of drug-likeness (QED) is 0.480. The molecule has 0 atom stereocenters. The fourth-order valence-corrected chi connectivity index (χ4v) is 4.53. The fourth-order valence-electron chi connectivity index (χ4n) is 4.53. The van der Waals surface area contributed by atoms with Crippen LogP contribution in [0.5, 0.6) is 0 Å². The molecule has 0 spiro atoms. The van der Waals surface area contributed by atoms with E-state index in [0.717, 1.165) is 49.2 Å². The van der Waals surface area contributed by atoms with Crippen LogP contribution in [-0.4, -0.2) is 58.1 Å². The van der Waals surface area contributed by atoms with Crippen molar-refractivity contribution >= 4 is 11.7 Å². The Morgan fingerprint density at radius 2 is 1.66 bits per heavy atom. The molecule has 2 N–H and O–H groups in total. The fraction of sp³-hybridized carbons (Fsp3) is 0.357. The monoisotopic (exact) mass is 471 g/mol. The summed E-state index contributed by atoms with van der Waals surface area (Å²) < 4.78 is 0. The van der Waals surface area contributed by atoms with E-state index in [0.29, 0.717) is 18.9 Å². The molecule has 2 heterocycles. The summed E-state index contributed by atoms with van der Waals surface area (Å²) in [4.78, 5) is 37.4. The van der Waals surface area contributed by atoms with Crippen LogP contribution in [0.1, 0.15) is 41.0 Å². The molecule has 7 heteroatoms. The van der Waals surface area contributed by atoms with E-state index in [1.165, 1.54) is 5.56 Å². The second-order valence-electron chi connectivity index (χ2n) is 9.28. The van der Waals surface area contributed by atoms with Gasteiger partial charge in [-0.1, -0.05) is 48.5 Å². The highest BCUT2D eigenvalue weighted by Gasteiger charge is 2.23. The van der Waals surface area contributed by atoms with Crippen LogP contribution >= 0.6 is 0 Å². The Hall–Kier alpha value is -3.42. The lowest BCUT2D eigenvalue weighted by Gasteiger charge is -2.31. The number of piperidine rings is 1. The maximum absolute atomic E-state index is 12.8. The van der Waals surface area contributed by atoms with Gasteiger partial charge in [-0.05, 0) is 54.6 Å². The summed E-state index contributed by atoms with van der Waals surface area (Å²) in [5, 5.41) is 0. The highest BCUT2D eigenvalue weighted by Crippen LogP contribution is 2.24. The van der Waals surface area contributed by atoms with Gasteiger partial charge in [0, 0.05) is 44.5 Å². The van der Waals surface area contributed by atoms with E-state index in [9.17, 15) is 9.59 Å². The Labute approximate surface area is 207 Å². The number of carbonyl (C=O) groups is 2. The number of rotatable bonds is 9. The van der Waals surface area contributed by atoms with Gasteiger partial charge in [0.05, 0.1) is 6.54 Å². The second kappa shape index (κ2) is 11.8. The van der Waals surface area contributed by atoms with E-state index >= 15 is 0 Å². The van der Waals surface area contributed by atoms with Crippen LogP contribution in [0, 0.1) is 5.92 Å². The molecule has 0 radical (unpaired) electrons. The van der Waals surface area contributed by atoms with Crippen molar-refractivity contribution in [3.8, 4) is 11.1 Å². The van der Waals surface area contributed by atoms with E-state index in [1.807, 2.05) is 30.3 Å². The van der Waals surface area contributed by atoms with Crippen molar-refractivity contribution in [2.75, 3.05) is 26.7 Å². The summed E-state index contributed by atoms with van der Waals surface area (Å²) in [6.45, 7) is 3.45. The first-order chi connectivity index (χ1) is 17.0. The molecule has 1 aromatic heterocycles. The Kier molecular flexibility index (Phi) is 8.34. The zero-order valence-corrected chi connectivity index (χ0v) is 20.3. The number of hydrogen-bond acceptors (Lipinski definition) is 6. The van der Waals surface area contributed by atoms with Gasteiger partial charge in [0.2, 0.25) is 5.91 Å². The Morgan fingerprint density at radius 1 is 0.971 bits per heavy atom. The number of benzene rings is 2.